The minimum atomic E-state index is -3.47. The third kappa shape index (κ3) is 4.90. The van der Waals surface area contributed by atoms with Gasteiger partial charge in [-0.25, -0.2) is 12.7 Å². The van der Waals surface area contributed by atoms with Crippen molar-refractivity contribution in [2.24, 2.45) is 0 Å². The molecule has 0 bridgehead atoms. The van der Waals surface area contributed by atoms with E-state index in [9.17, 15) is 8.42 Å². The molecule has 0 radical (unpaired) electrons. The number of sulfonamides is 1. The van der Waals surface area contributed by atoms with Crippen molar-refractivity contribution < 1.29 is 8.42 Å². The Morgan fingerprint density at radius 1 is 1.17 bits per heavy atom. The molecule has 0 fully saturated rings. The Balaban J connectivity index is 1.84. The van der Waals surface area contributed by atoms with Crippen molar-refractivity contribution in [3.05, 3.63) is 71.8 Å². The van der Waals surface area contributed by atoms with Gasteiger partial charge < -0.3 is 0 Å². The summed E-state index contributed by atoms with van der Waals surface area (Å²) in [5.74, 6) is 1.29. The first-order valence-electron chi connectivity index (χ1n) is 8.77. The predicted octanol–water partition coefficient (Wildman–Crippen LogP) is 4.33. The van der Waals surface area contributed by atoms with E-state index in [1.807, 2.05) is 34.9 Å². The Morgan fingerprint density at radius 2 is 1.90 bits per heavy atom. The van der Waals surface area contributed by atoms with Gasteiger partial charge in [0.1, 0.15) is 0 Å². The molecule has 1 heterocycles. The Hall–Kier alpha value is -2.13. The normalized spacial score (nSPS) is 11.7. The van der Waals surface area contributed by atoms with Gasteiger partial charge in [0, 0.05) is 37.0 Å². The van der Waals surface area contributed by atoms with Gasteiger partial charge in [0.15, 0.2) is 11.0 Å². The van der Waals surface area contributed by atoms with Crippen LogP contribution in [0.15, 0.2) is 71.2 Å². The highest BCUT2D eigenvalue weighted by Crippen LogP contribution is 2.28. The summed E-state index contributed by atoms with van der Waals surface area (Å²) in [6.45, 7) is 4.38. The fraction of sp³-hybridized carbons (Fsp3) is 0.200. The number of benzene rings is 2. The lowest BCUT2D eigenvalue weighted by Gasteiger charge is -2.12. The van der Waals surface area contributed by atoms with Crippen LogP contribution in [-0.2, 0) is 22.3 Å². The third-order valence-corrected chi connectivity index (χ3v) is 7.28. The molecular formula is C20H21ClN4O2S2. The van der Waals surface area contributed by atoms with Gasteiger partial charge in [0.25, 0.3) is 0 Å². The van der Waals surface area contributed by atoms with Crippen LogP contribution in [0.25, 0.3) is 11.4 Å². The van der Waals surface area contributed by atoms with Gasteiger partial charge in [-0.05, 0) is 42.0 Å². The molecule has 152 valence electrons. The van der Waals surface area contributed by atoms with Crippen molar-refractivity contribution in [3.8, 4) is 11.4 Å². The average Bonchev–Trinajstić information content (AvgIpc) is 3.10. The van der Waals surface area contributed by atoms with Gasteiger partial charge in [-0.2, -0.15) is 0 Å². The highest BCUT2D eigenvalue weighted by atomic mass is 35.5. The Morgan fingerprint density at radius 3 is 2.55 bits per heavy atom. The van der Waals surface area contributed by atoms with Crippen LogP contribution in [0.2, 0.25) is 5.02 Å². The van der Waals surface area contributed by atoms with Crippen LogP contribution in [0.3, 0.4) is 0 Å². The van der Waals surface area contributed by atoms with Gasteiger partial charge in [-0.1, -0.05) is 41.6 Å². The number of rotatable bonds is 8. The van der Waals surface area contributed by atoms with Crippen molar-refractivity contribution in [2.45, 2.75) is 22.3 Å². The van der Waals surface area contributed by atoms with Crippen LogP contribution in [-0.4, -0.2) is 41.6 Å². The SMILES string of the molecule is C=CCn1c(SCc2cccc(S(=O)(=O)N(C)C)c2)nnc1-c1ccc(Cl)cc1. The molecule has 1 aromatic heterocycles. The monoisotopic (exact) mass is 448 g/mol. The molecule has 3 aromatic rings. The molecule has 0 aliphatic carbocycles. The van der Waals surface area contributed by atoms with Crippen molar-refractivity contribution in [1.29, 1.82) is 0 Å². The molecule has 0 saturated carbocycles. The largest absolute Gasteiger partial charge is 0.298 e. The van der Waals surface area contributed by atoms with Crippen LogP contribution in [0.1, 0.15) is 5.56 Å². The maximum Gasteiger partial charge on any atom is 0.242 e. The molecule has 0 saturated heterocycles. The lowest BCUT2D eigenvalue weighted by atomic mass is 10.2. The predicted molar refractivity (Wildman–Crippen MR) is 118 cm³/mol. The molecule has 0 aliphatic rings. The number of allylic oxidation sites excluding steroid dienone is 1. The van der Waals surface area contributed by atoms with E-state index in [2.05, 4.69) is 16.8 Å². The third-order valence-electron chi connectivity index (χ3n) is 4.18. The number of nitrogens with zero attached hydrogens (tertiary/aromatic N) is 4. The number of thioether (sulfide) groups is 1. The molecule has 29 heavy (non-hydrogen) atoms. The first-order chi connectivity index (χ1) is 13.8. The summed E-state index contributed by atoms with van der Waals surface area (Å²) in [4.78, 5) is 0.273. The summed E-state index contributed by atoms with van der Waals surface area (Å²) in [5, 5.41) is 10.0. The lowest BCUT2D eigenvalue weighted by molar-refractivity contribution is 0.520. The zero-order chi connectivity index (χ0) is 21.0. The van der Waals surface area contributed by atoms with E-state index < -0.39 is 10.0 Å². The van der Waals surface area contributed by atoms with E-state index in [1.165, 1.54) is 30.2 Å². The highest BCUT2D eigenvalue weighted by molar-refractivity contribution is 7.98. The minimum Gasteiger partial charge on any atom is -0.298 e. The molecule has 0 N–H and O–H groups in total. The zero-order valence-corrected chi connectivity index (χ0v) is 18.5. The van der Waals surface area contributed by atoms with Crippen LogP contribution in [0, 0.1) is 0 Å². The second kappa shape index (κ2) is 9.13. The summed E-state index contributed by atoms with van der Waals surface area (Å²) in [7, 11) is -0.426. The lowest BCUT2D eigenvalue weighted by Crippen LogP contribution is -2.22. The van der Waals surface area contributed by atoms with Crippen molar-refractivity contribution in [2.75, 3.05) is 14.1 Å². The van der Waals surface area contributed by atoms with E-state index in [0.717, 1.165) is 22.1 Å². The van der Waals surface area contributed by atoms with E-state index in [-0.39, 0.29) is 4.90 Å². The van der Waals surface area contributed by atoms with Crippen LogP contribution in [0.5, 0.6) is 0 Å². The van der Waals surface area contributed by atoms with Gasteiger partial charge in [0.05, 0.1) is 4.90 Å². The summed E-state index contributed by atoms with van der Waals surface area (Å²) < 4.78 is 27.9. The Labute approximate surface area is 180 Å². The van der Waals surface area contributed by atoms with Crippen molar-refractivity contribution in [3.63, 3.8) is 0 Å². The molecule has 0 spiro atoms. The summed E-state index contributed by atoms with van der Waals surface area (Å²) in [6, 6.07) is 14.4. The second-order valence-electron chi connectivity index (χ2n) is 6.44. The summed E-state index contributed by atoms with van der Waals surface area (Å²) >= 11 is 7.47. The van der Waals surface area contributed by atoms with Gasteiger partial charge in [-0.15, -0.1) is 16.8 Å². The van der Waals surface area contributed by atoms with Gasteiger partial charge in [-0.3, -0.25) is 4.57 Å². The molecule has 2 aromatic carbocycles. The fourth-order valence-electron chi connectivity index (χ4n) is 2.66. The maximum atomic E-state index is 12.4. The van der Waals surface area contributed by atoms with E-state index in [1.54, 1.807) is 24.3 Å². The molecule has 0 unspecified atom stereocenters. The first-order valence-corrected chi connectivity index (χ1v) is 11.6. The van der Waals surface area contributed by atoms with Crippen LogP contribution < -0.4 is 0 Å². The Bertz CT molecular complexity index is 1110. The summed E-state index contributed by atoms with van der Waals surface area (Å²) in [6.07, 6.45) is 1.79. The Kier molecular flexibility index (Phi) is 6.79. The minimum absolute atomic E-state index is 0.273. The molecule has 3 rings (SSSR count). The average molecular weight is 449 g/mol. The standard InChI is InChI=1S/C20H21ClN4O2S2/c1-4-12-25-19(16-8-10-17(21)11-9-16)22-23-20(25)28-14-15-6-5-7-18(13-15)29(26,27)24(2)3/h4-11,13H,1,12,14H2,2-3H3. The smallest absolute Gasteiger partial charge is 0.242 e. The van der Waals surface area contributed by atoms with E-state index in [4.69, 9.17) is 11.6 Å². The molecule has 6 nitrogen and oxygen atoms in total. The fourth-order valence-corrected chi connectivity index (χ4v) is 4.65. The molecule has 0 aliphatic heterocycles. The molecule has 0 atom stereocenters. The summed E-state index contributed by atoms with van der Waals surface area (Å²) in [5.41, 5.74) is 1.80. The number of hydrogen-bond acceptors (Lipinski definition) is 5. The van der Waals surface area contributed by atoms with Crippen molar-refractivity contribution >= 4 is 33.4 Å². The second-order valence-corrected chi connectivity index (χ2v) is 9.97. The number of aromatic nitrogens is 3. The topological polar surface area (TPSA) is 68.1 Å². The van der Waals surface area contributed by atoms with Gasteiger partial charge >= 0.3 is 0 Å². The maximum absolute atomic E-state index is 12.4. The van der Waals surface area contributed by atoms with Gasteiger partial charge in [0.2, 0.25) is 10.0 Å². The first kappa shape index (κ1) is 21.6. The quantitative estimate of drug-likeness (QED) is 0.379. The number of halogens is 1. The zero-order valence-electron chi connectivity index (χ0n) is 16.1. The van der Waals surface area contributed by atoms with E-state index >= 15 is 0 Å². The number of hydrogen-bond donors (Lipinski definition) is 0. The van der Waals surface area contributed by atoms with Crippen LogP contribution >= 0.6 is 23.4 Å². The highest BCUT2D eigenvalue weighted by Gasteiger charge is 2.18. The molecule has 9 heteroatoms. The molecular weight excluding hydrogens is 428 g/mol. The van der Waals surface area contributed by atoms with E-state index in [0.29, 0.717) is 17.3 Å². The van der Waals surface area contributed by atoms with Crippen LogP contribution in [0.4, 0.5) is 0 Å². The molecule has 0 amide bonds. The van der Waals surface area contributed by atoms with Crippen molar-refractivity contribution in [1.82, 2.24) is 19.1 Å².